The van der Waals surface area contributed by atoms with Crippen molar-refractivity contribution in [3.8, 4) is 0 Å². The summed E-state index contributed by atoms with van der Waals surface area (Å²) >= 11 is 6.23. The molecule has 0 aliphatic heterocycles. The zero-order valence-electron chi connectivity index (χ0n) is 15.5. The van der Waals surface area contributed by atoms with Gasteiger partial charge in [0.25, 0.3) is 5.91 Å². The van der Waals surface area contributed by atoms with Crippen LogP contribution in [0.15, 0.2) is 62.2 Å². The molecule has 1 aromatic heterocycles. The second-order valence-corrected chi connectivity index (χ2v) is 11.3. The van der Waals surface area contributed by atoms with Crippen molar-refractivity contribution in [2.24, 2.45) is 0 Å². The van der Waals surface area contributed by atoms with Gasteiger partial charge >= 0.3 is 0 Å². The van der Waals surface area contributed by atoms with Gasteiger partial charge in [0.1, 0.15) is 0 Å². The largest absolute Gasteiger partial charge is 0.296 e. The average Bonchev–Trinajstić information content (AvgIpc) is 3.15. The quantitative estimate of drug-likeness (QED) is 0.378. The van der Waals surface area contributed by atoms with E-state index in [-0.39, 0.29) is 10.8 Å². The van der Waals surface area contributed by atoms with E-state index in [1.807, 2.05) is 24.3 Å². The van der Waals surface area contributed by atoms with Crippen LogP contribution in [0.5, 0.6) is 0 Å². The van der Waals surface area contributed by atoms with Crippen LogP contribution in [0, 0.1) is 0 Å². The Balaban J connectivity index is 1.60. The predicted molar refractivity (Wildman–Crippen MR) is 119 cm³/mol. The highest BCUT2D eigenvalue weighted by Gasteiger charge is 2.18. The van der Waals surface area contributed by atoms with Crippen molar-refractivity contribution < 1.29 is 13.2 Å². The molecule has 3 aromatic rings. The molecule has 1 amide bonds. The first-order valence-corrected chi connectivity index (χ1v) is 12.3. The molecule has 0 bridgehead atoms. The molecule has 0 radical (unpaired) electrons. The van der Waals surface area contributed by atoms with Crippen LogP contribution in [0.25, 0.3) is 0 Å². The zero-order chi connectivity index (χ0) is 21.0. The number of nitrogens with one attached hydrogen (secondary N) is 1. The number of carbonyl (C=O) groups is 1. The SMILES string of the molecule is CN(C)S(=O)(=O)c1ccc(C(=O)Nc2nnc(SCc3ccc(Br)cc3)s2)cc1. The molecular formula is C18H17BrN4O3S3. The van der Waals surface area contributed by atoms with Gasteiger partial charge in [-0.2, -0.15) is 0 Å². The van der Waals surface area contributed by atoms with Crippen molar-refractivity contribution in [2.75, 3.05) is 19.4 Å². The van der Waals surface area contributed by atoms with Crippen molar-refractivity contribution in [3.63, 3.8) is 0 Å². The van der Waals surface area contributed by atoms with Crippen molar-refractivity contribution in [3.05, 3.63) is 64.1 Å². The summed E-state index contributed by atoms with van der Waals surface area (Å²) in [5.41, 5.74) is 1.49. The van der Waals surface area contributed by atoms with Crippen LogP contribution in [-0.4, -0.2) is 42.9 Å². The normalized spacial score (nSPS) is 11.6. The molecule has 1 heterocycles. The molecule has 0 atom stereocenters. The minimum absolute atomic E-state index is 0.126. The number of hydrogen-bond acceptors (Lipinski definition) is 7. The first-order chi connectivity index (χ1) is 13.8. The summed E-state index contributed by atoms with van der Waals surface area (Å²) in [5.74, 6) is 0.372. The van der Waals surface area contributed by atoms with Gasteiger partial charge in [-0.25, -0.2) is 12.7 Å². The Bertz CT molecular complexity index is 1100. The summed E-state index contributed by atoms with van der Waals surface area (Å²) < 4.78 is 27.1. The van der Waals surface area contributed by atoms with E-state index >= 15 is 0 Å². The fraction of sp³-hybridized carbons (Fsp3) is 0.167. The first-order valence-electron chi connectivity index (χ1n) is 8.30. The third-order valence-corrected chi connectivity index (χ3v) is 8.20. The van der Waals surface area contributed by atoms with E-state index in [1.54, 1.807) is 0 Å². The van der Waals surface area contributed by atoms with Crippen LogP contribution < -0.4 is 5.32 Å². The van der Waals surface area contributed by atoms with E-state index in [4.69, 9.17) is 0 Å². The first kappa shape index (κ1) is 21.9. The van der Waals surface area contributed by atoms with Crippen molar-refractivity contribution in [1.82, 2.24) is 14.5 Å². The molecule has 0 aliphatic rings. The summed E-state index contributed by atoms with van der Waals surface area (Å²) in [7, 11) is -0.618. The second kappa shape index (κ2) is 9.35. The summed E-state index contributed by atoms with van der Waals surface area (Å²) in [4.78, 5) is 12.5. The van der Waals surface area contributed by atoms with Crippen LogP contribution in [-0.2, 0) is 15.8 Å². The Morgan fingerprint density at radius 1 is 1.10 bits per heavy atom. The topological polar surface area (TPSA) is 92.3 Å². The van der Waals surface area contributed by atoms with Gasteiger partial charge in [-0.05, 0) is 42.0 Å². The lowest BCUT2D eigenvalue weighted by Crippen LogP contribution is -2.22. The van der Waals surface area contributed by atoms with Gasteiger partial charge in [0.2, 0.25) is 15.2 Å². The van der Waals surface area contributed by atoms with Gasteiger partial charge in [-0.15, -0.1) is 10.2 Å². The maximum absolute atomic E-state index is 12.4. The lowest BCUT2D eigenvalue weighted by Gasteiger charge is -2.11. The monoisotopic (exact) mass is 512 g/mol. The Morgan fingerprint density at radius 3 is 2.38 bits per heavy atom. The summed E-state index contributed by atoms with van der Waals surface area (Å²) in [6, 6.07) is 13.8. The number of benzene rings is 2. The van der Waals surface area contributed by atoms with Crippen LogP contribution in [0.2, 0.25) is 0 Å². The van der Waals surface area contributed by atoms with E-state index in [9.17, 15) is 13.2 Å². The minimum atomic E-state index is -3.53. The number of halogens is 1. The molecule has 29 heavy (non-hydrogen) atoms. The van der Waals surface area contributed by atoms with Crippen LogP contribution in [0.4, 0.5) is 5.13 Å². The minimum Gasteiger partial charge on any atom is -0.296 e. The fourth-order valence-corrected chi connectivity index (χ4v) is 5.07. The summed E-state index contributed by atoms with van der Waals surface area (Å²) in [6.07, 6.45) is 0. The molecule has 11 heteroatoms. The predicted octanol–water partition coefficient (Wildman–Crippen LogP) is 4.10. The highest BCUT2D eigenvalue weighted by atomic mass is 79.9. The standard InChI is InChI=1S/C18H17BrN4O3S3/c1-23(2)29(25,26)15-9-5-13(6-10-15)16(24)20-17-21-22-18(28-17)27-11-12-3-7-14(19)8-4-12/h3-10H,11H2,1-2H3,(H,20,21,24). The smallest absolute Gasteiger partial charge is 0.257 e. The number of aromatic nitrogens is 2. The molecule has 0 aliphatic carbocycles. The molecule has 0 fully saturated rings. The maximum atomic E-state index is 12.4. The van der Waals surface area contributed by atoms with Gasteiger partial charge in [-0.3, -0.25) is 10.1 Å². The highest BCUT2D eigenvalue weighted by molar-refractivity contribution is 9.10. The number of nitrogens with zero attached hydrogens (tertiary/aromatic N) is 3. The highest BCUT2D eigenvalue weighted by Crippen LogP contribution is 2.29. The number of thioether (sulfide) groups is 1. The molecule has 0 saturated carbocycles. The molecule has 0 spiro atoms. The van der Waals surface area contributed by atoms with Crippen molar-refractivity contribution in [1.29, 1.82) is 0 Å². The lowest BCUT2D eigenvalue weighted by atomic mass is 10.2. The number of anilines is 1. The summed E-state index contributed by atoms with van der Waals surface area (Å²) in [5, 5.41) is 11.2. The molecule has 152 valence electrons. The van der Waals surface area contributed by atoms with Gasteiger partial charge in [-0.1, -0.05) is 51.2 Å². The van der Waals surface area contributed by atoms with E-state index in [0.29, 0.717) is 10.7 Å². The Morgan fingerprint density at radius 2 is 1.76 bits per heavy atom. The maximum Gasteiger partial charge on any atom is 0.257 e. The number of hydrogen-bond donors (Lipinski definition) is 1. The zero-order valence-corrected chi connectivity index (χ0v) is 19.5. The van der Waals surface area contributed by atoms with Crippen LogP contribution in [0.1, 0.15) is 15.9 Å². The van der Waals surface area contributed by atoms with E-state index in [2.05, 4.69) is 31.4 Å². The number of sulfonamides is 1. The van der Waals surface area contributed by atoms with Gasteiger partial charge in [0.05, 0.1) is 4.90 Å². The van der Waals surface area contributed by atoms with Gasteiger partial charge < -0.3 is 0 Å². The third kappa shape index (κ3) is 5.64. The Hall–Kier alpha value is -1.79. The van der Waals surface area contributed by atoms with Crippen LogP contribution >= 0.6 is 39.0 Å². The van der Waals surface area contributed by atoms with Crippen molar-refractivity contribution >= 4 is 60.1 Å². The summed E-state index contributed by atoms with van der Waals surface area (Å²) in [6.45, 7) is 0. The molecule has 3 rings (SSSR count). The van der Waals surface area contributed by atoms with Crippen molar-refractivity contribution in [2.45, 2.75) is 15.0 Å². The Kier molecular flexibility index (Phi) is 7.06. The van der Waals surface area contributed by atoms with Gasteiger partial charge in [0, 0.05) is 29.9 Å². The van der Waals surface area contributed by atoms with E-state index < -0.39 is 10.0 Å². The molecular weight excluding hydrogens is 496 g/mol. The Labute approximate surface area is 185 Å². The third-order valence-electron chi connectivity index (χ3n) is 3.80. The number of amides is 1. The molecule has 0 unspecified atom stereocenters. The fourth-order valence-electron chi connectivity index (χ4n) is 2.20. The number of carbonyl (C=O) groups excluding carboxylic acids is 1. The van der Waals surface area contributed by atoms with E-state index in [1.165, 1.54) is 61.5 Å². The molecule has 2 aromatic carbocycles. The number of rotatable bonds is 7. The molecule has 7 nitrogen and oxygen atoms in total. The lowest BCUT2D eigenvalue weighted by molar-refractivity contribution is 0.102. The molecule has 1 N–H and O–H groups in total. The van der Waals surface area contributed by atoms with Crippen LogP contribution in [0.3, 0.4) is 0 Å². The average molecular weight is 513 g/mol. The molecule has 0 saturated heterocycles. The second-order valence-electron chi connectivity index (χ2n) is 6.05. The van der Waals surface area contributed by atoms with E-state index in [0.717, 1.165) is 24.4 Å². The van der Waals surface area contributed by atoms with Gasteiger partial charge in [0.15, 0.2) is 4.34 Å².